The van der Waals surface area contributed by atoms with Crippen LogP contribution in [0.5, 0.6) is 5.75 Å². The molecule has 3 aromatic rings. The Morgan fingerprint density at radius 1 is 1.04 bits per heavy atom. The summed E-state index contributed by atoms with van der Waals surface area (Å²) in [4.78, 5) is 0. The van der Waals surface area contributed by atoms with Crippen LogP contribution in [0, 0.1) is 24.4 Å². The molecular weight excluding hydrogens is 307 g/mol. The second-order valence-corrected chi connectivity index (χ2v) is 5.01. The van der Waals surface area contributed by atoms with Crippen LogP contribution in [-0.4, -0.2) is 5.16 Å². The van der Waals surface area contributed by atoms with Gasteiger partial charge in [0.1, 0.15) is 41.8 Å². The molecule has 0 saturated heterocycles. The standard InChI is InChI=1S/C17H12F3NO2/c1-10-8-23-21-17(10)11-2-4-13(5-3-11)22-9-14-15(19)6-12(18)7-16(14)20/h2-8H,9H2,1H3. The maximum atomic E-state index is 13.5. The van der Waals surface area contributed by atoms with Crippen LogP contribution >= 0.6 is 0 Å². The Morgan fingerprint density at radius 2 is 1.70 bits per heavy atom. The number of halogens is 3. The van der Waals surface area contributed by atoms with E-state index in [1.165, 1.54) is 0 Å². The van der Waals surface area contributed by atoms with Crippen molar-refractivity contribution in [2.75, 3.05) is 0 Å². The fourth-order valence-electron chi connectivity index (χ4n) is 2.14. The monoisotopic (exact) mass is 319 g/mol. The van der Waals surface area contributed by atoms with Crippen molar-refractivity contribution in [2.24, 2.45) is 0 Å². The van der Waals surface area contributed by atoms with Gasteiger partial charge in [0.05, 0.1) is 5.56 Å². The molecule has 0 unspecified atom stereocenters. The van der Waals surface area contributed by atoms with Gasteiger partial charge in [-0.2, -0.15) is 0 Å². The first kappa shape index (κ1) is 15.1. The summed E-state index contributed by atoms with van der Waals surface area (Å²) in [5.41, 5.74) is 2.13. The molecule has 0 aliphatic rings. The number of aryl methyl sites for hydroxylation is 1. The van der Waals surface area contributed by atoms with E-state index in [-0.39, 0.29) is 12.2 Å². The summed E-state index contributed by atoms with van der Waals surface area (Å²) in [5, 5.41) is 3.89. The zero-order valence-corrected chi connectivity index (χ0v) is 12.1. The Kier molecular flexibility index (Phi) is 4.06. The Balaban J connectivity index is 1.74. The number of rotatable bonds is 4. The minimum atomic E-state index is -0.975. The van der Waals surface area contributed by atoms with Gasteiger partial charge in [-0.3, -0.25) is 0 Å². The lowest BCUT2D eigenvalue weighted by molar-refractivity contribution is 0.292. The predicted octanol–water partition coefficient (Wildman–Crippen LogP) is 4.65. The minimum absolute atomic E-state index is 0.317. The van der Waals surface area contributed by atoms with Crippen molar-refractivity contribution in [3.05, 3.63) is 71.2 Å². The van der Waals surface area contributed by atoms with E-state index in [0.717, 1.165) is 11.1 Å². The van der Waals surface area contributed by atoms with Crippen molar-refractivity contribution in [1.82, 2.24) is 5.16 Å². The van der Waals surface area contributed by atoms with Crippen LogP contribution in [0.3, 0.4) is 0 Å². The van der Waals surface area contributed by atoms with Crippen LogP contribution in [0.4, 0.5) is 13.2 Å². The van der Waals surface area contributed by atoms with E-state index >= 15 is 0 Å². The molecule has 0 aliphatic heterocycles. The molecule has 0 amide bonds. The number of aromatic nitrogens is 1. The highest BCUT2D eigenvalue weighted by Gasteiger charge is 2.12. The minimum Gasteiger partial charge on any atom is -0.489 e. The number of benzene rings is 2. The van der Waals surface area contributed by atoms with Gasteiger partial charge in [0, 0.05) is 23.3 Å². The maximum absolute atomic E-state index is 13.5. The largest absolute Gasteiger partial charge is 0.489 e. The van der Waals surface area contributed by atoms with E-state index in [2.05, 4.69) is 5.16 Å². The Bertz CT molecular complexity index is 805. The first-order valence-corrected chi connectivity index (χ1v) is 6.82. The van der Waals surface area contributed by atoms with Gasteiger partial charge in [0.25, 0.3) is 0 Å². The smallest absolute Gasteiger partial charge is 0.135 e. The zero-order valence-electron chi connectivity index (χ0n) is 12.1. The maximum Gasteiger partial charge on any atom is 0.135 e. The molecule has 0 spiro atoms. The molecule has 0 atom stereocenters. The number of hydrogen-bond acceptors (Lipinski definition) is 3. The molecule has 0 aliphatic carbocycles. The fourth-order valence-corrected chi connectivity index (χ4v) is 2.14. The zero-order chi connectivity index (χ0) is 16.4. The van der Waals surface area contributed by atoms with Gasteiger partial charge in [0.2, 0.25) is 0 Å². The van der Waals surface area contributed by atoms with Gasteiger partial charge in [-0.05, 0) is 31.2 Å². The quantitative estimate of drug-likeness (QED) is 0.702. The van der Waals surface area contributed by atoms with Gasteiger partial charge >= 0.3 is 0 Å². The molecule has 3 rings (SSSR count). The van der Waals surface area contributed by atoms with E-state index in [0.29, 0.717) is 23.6 Å². The highest BCUT2D eigenvalue weighted by molar-refractivity contribution is 5.62. The Labute approximate surface area is 130 Å². The third kappa shape index (κ3) is 3.21. The molecule has 118 valence electrons. The normalized spacial score (nSPS) is 10.8. The summed E-state index contributed by atoms with van der Waals surface area (Å²) in [6.07, 6.45) is 1.54. The van der Waals surface area contributed by atoms with Crippen LogP contribution in [0.2, 0.25) is 0 Å². The molecule has 0 saturated carbocycles. The van der Waals surface area contributed by atoms with Crippen LogP contribution in [0.15, 0.2) is 47.2 Å². The summed E-state index contributed by atoms with van der Waals surface area (Å²) in [7, 11) is 0. The van der Waals surface area contributed by atoms with Gasteiger partial charge in [0.15, 0.2) is 0 Å². The molecule has 3 nitrogen and oxygen atoms in total. The molecule has 2 aromatic carbocycles. The van der Waals surface area contributed by atoms with Crippen molar-refractivity contribution in [1.29, 1.82) is 0 Å². The molecule has 23 heavy (non-hydrogen) atoms. The molecule has 6 heteroatoms. The molecule has 0 bridgehead atoms. The summed E-state index contributed by atoms with van der Waals surface area (Å²) in [6.45, 7) is 1.54. The predicted molar refractivity (Wildman–Crippen MR) is 77.3 cm³/mol. The molecule has 0 fully saturated rings. The van der Waals surface area contributed by atoms with Crippen LogP contribution < -0.4 is 4.74 Å². The molecule has 0 N–H and O–H groups in total. The average molecular weight is 319 g/mol. The molecule has 0 radical (unpaired) electrons. The van der Waals surface area contributed by atoms with E-state index in [1.807, 2.05) is 6.92 Å². The Morgan fingerprint density at radius 3 is 2.26 bits per heavy atom. The van der Waals surface area contributed by atoms with Gasteiger partial charge in [-0.1, -0.05) is 5.16 Å². The third-order valence-corrected chi connectivity index (χ3v) is 3.36. The van der Waals surface area contributed by atoms with Crippen molar-refractivity contribution in [3.63, 3.8) is 0 Å². The summed E-state index contributed by atoms with van der Waals surface area (Å²) < 4.78 is 50.1. The lowest BCUT2D eigenvalue weighted by Crippen LogP contribution is -2.03. The Hall–Kier alpha value is -2.76. The van der Waals surface area contributed by atoms with E-state index < -0.39 is 17.5 Å². The van der Waals surface area contributed by atoms with E-state index in [9.17, 15) is 13.2 Å². The van der Waals surface area contributed by atoms with E-state index in [4.69, 9.17) is 9.26 Å². The molecule has 1 aromatic heterocycles. The van der Waals surface area contributed by atoms with Gasteiger partial charge in [-0.15, -0.1) is 0 Å². The lowest BCUT2D eigenvalue weighted by Gasteiger charge is -2.09. The highest BCUT2D eigenvalue weighted by atomic mass is 19.1. The topological polar surface area (TPSA) is 35.3 Å². The first-order valence-electron chi connectivity index (χ1n) is 6.82. The number of hydrogen-bond donors (Lipinski definition) is 0. The van der Waals surface area contributed by atoms with Crippen molar-refractivity contribution in [2.45, 2.75) is 13.5 Å². The van der Waals surface area contributed by atoms with E-state index in [1.54, 1.807) is 30.5 Å². The average Bonchev–Trinajstić information content (AvgIpc) is 2.93. The molecular formula is C17H12F3NO2. The van der Waals surface area contributed by atoms with Gasteiger partial charge < -0.3 is 9.26 Å². The lowest BCUT2D eigenvalue weighted by atomic mass is 10.1. The summed E-state index contributed by atoms with van der Waals surface area (Å²) in [6, 6.07) is 8.08. The van der Waals surface area contributed by atoms with Crippen LogP contribution in [-0.2, 0) is 6.61 Å². The first-order chi connectivity index (χ1) is 11.0. The fraction of sp³-hybridized carbons (Fsp3) is 0.118. The van der Waals surface area contributed by atoms with Gasteiger partial charge in [-0.25, -0.2) is 13.2 Å². The van der Waals surface area contributed by atoms with Crippen LogP contribution in [0.1, 0.15) is 11.1 Å². The second-order valence-electron chi connectivity index (χ2n) is 5.01. The SMILES string of the molecule is Cc1conc1-c1ccc(OCc2c(F)cc(F)cc2F)cc1. The summed E-state index contributed by atoms with van der Waals surface area (Å²) in [5.74, 6) is -2.48. The number of nitrogens with zero attached hydrogens (tertiary/aromatic N) is 1. The highest BCUT2D eigenvalue weighted by Crippen LogP contribution is 2.25. The van der Waals surface area contributed by atoms with Crippen molar-refractivity contribution >= 4 is 0 Å². The second kappa shape index (κ2) is 6.16. The molecule has 1 heterocycles. The third-order valence-electron chi connectivity index (χ3n) is 3.36. The number of ether oxygens (including phenoxy) is 1. The van der Waals surface area contributed by atoms with Crippen LogP contribution in [0.25, 0.3) is 11.3 Å². The summed E-state index contributed by atoms with van der Waals surface area (Å²) >= 11 is 0. The van der Waals surface area contributed by atoms with Crippen molar-refractivity contribution < 1.29 is 22.4 Å². The van der Waals surface area contributed by atoms with Crippen molar-refractivity contribution in [3.8, 4) is 17.0 Å².